The molecule has 5 heteroatoms. The molecule has 4 aliphatic rings. The van der Waals surface area contributed by atoms with Crippen LogP contribution in [0.2, 0.25) is 5.02 Å². The molecule has 0 aromatic heterocycles. The van der Waals surface area contributed by atoms with Gasteiger partial charge in [-0.15, -0.1) is 0 Å². The van der Waals surface area contributed by atoms with Crippen LogP contribution >= 0.6 is 27.5 Å². The maximum atomic E-state index is 14.1. The van der Waals surface area contributed by atoms with Crippen LogP contribution in [0.1, 0.15) is 38.5 Å². The Morgan fingerprint density at radius 3 is 2.59 bits per heavy atom. The standard InChI is InChI=1S/C17H18BrClFNO/c18-17-7-10-4-11(8-17)6-16(5-10,9-17)15(22)21-13-3-1-2-12(19)14(13)20/h1-3,10-11H,4-9H2,(H,21,22). The molecule has 1 N–H and O–H groups in total. The second-order valence-corrected chi connectivity index (χ2v) is 9.54. The van der Waals surface area contributed by atoms with E-state index in [1.165, 1.54) is 25.3 Å². The molecular formula is C17H18BrClFNO. The summed E-state index contributed by atoms with van der Waals surface area (Å²) < 4.78 is 14.2. The van der Waals surface area contributed by atoms with Gasteiger partial charge >= 0.3 is 0 Å². The molecule has 4 aliphatic carbocycles. The molecule has 2 atom stereocenters. The lowest BCUT2D eigenvalue weighted by atomic mass is 9.49. The van der Waals surface area contributed by atoms with Gasteiger partial charge in [-0.25, -0.2) is 4.39 Å². The summed E-state index contributed by atoms with van der Waals surface area (Å²) >= 11 is 9.70. The smallest absolute Gasteiger partial charge is 0.230 e. The normalized spacial score (nSPS) is 39.0. The van der Waals surface area contributed by atoms with E-state index >= 15 is 0 Å². The van der Waals surface area contributed by atoms with Crippen molar-refractivity contribution in [3.05, 3.63) is 29.0 Å². The summed E-state index contributed by atoms with van der Waals surface area (Å²) in [6, 6.07) is 4.72. The van der Waals surface area contributed by atoms with Crippen LogP contribution in [-0.4, -0.2) is 10.2 Å². The van der Waals surface area contributed by atoms with E-state index in [1.54, 1.807) is 12.1 Å². The number of rotatable bonds is 2. The minimum absolute atomic E-state index is 0.0356. The molecule has 0 spiro atoms. The molecule has 4 saturated carbocycles. The van der Waals surface area contributed by atoms with Gasteiger partial charge in [0.2, 0.25) is 5.91 Å². The highest BCUT2D eigenvalue weighted by atomic mass is 79.9. The number of alkyl halides is 1. The zero-order chi connectivity index (χ0) is 15.5. The summed E-state index contributed by atoms with van der Waals surface area (Å²) in [6.07, 6.45) is 6.32. The lowest BCUT2D eigenvalue weighted by molar-refractivity contribution is -0.138. The highest BCUT2D eigenvalue weighted by Crippen LogP contribution is 2.64. The van der Waals surface area contributed by atoms with Gasteiger partial charge in [0.25, 0.3) is 0 Å². The Morgan fingerprint density at radius 2 is 1.95 bits per heavy atom. The van der Waals surface area contributed by atoms with Crippen molar-refractivity contribution >= 4 is 39.1 Å². The largest absolute Gasteiger partial charge is 0.323 e. The number of hydrogen-bond acceptors (Lipinski definition) is 1. The number of nitrogens with one attached hydrogen (secondary N) is 1. The summed E-state index contributed by atoms with van der Waals surface area (Å²) in [5.74, 6) is 0.661. The molecule has 1 aromatic carbocycles. The maximum absolute atomic E-state index is 14.1. The lowest BCUT2D eigenvalue weighted by Crippen LogP contribution is -2.57. The lowest BCUT2D eigenvalue weighted by Gasteiger charge is -2.59. The average Bonchev–Trinajstić information content (AvgIpc) is 2.41. The third-order valence-corrected chi connectivity index (χ3v) is 6.89. The second-order valence-electron chi connectivity index (χ2n) is 7.45. The van der Waals surface area contributed by atoms with Crippen molar-refractivity contribution in [2.75, 3.05) is 5.32 Å². The van der Waals surface area contributed by atoms with E-state index in [4.69, 9.17) is 11.6 Å². The zero-order valence-electron chi connectivity index (χ0n) is 12.2. The maximum Gasteiger partial charge on any atom is 0.230 e. The SMILES string of the molecule is O=C(Nc1cccc(Cl)c1F)C12CC3CC(CC(Br)(C3)C1)C2. The Balaban J connectivity index is 1.61. The third kappa shape index (κ3) is 2.30. The number of carbonyl (C=O) groups is 1. The van der Waals surface area contributed by atoms with Crippen molar-refractivity contribution in [1.82, 2.24) is 0 Å². The van der Waals surface area contributed by atoms with Crippen LogP contribution in [0.4, 0.5) is 10.1 Å². The summed E-state index contributed by atoms with van der Waals surface area (Å²) in [7, 11) is 0. The van der Waals surface area contributed by atoms with E-state index in [0.717, 1.165) is 19.3 Å². The Labute approximate surface area is 142 Å². The van der Waals surface area contributed by atoms with Crippen molar-refractivity contribution in [3.63, 3.8) is 0 Å². The van der Waals surface area contributed by atoms with E-state index in [9.17, 15) is 9.18 Å². The molecule has 1 amide bonds. The molecule has 22 heavy (non-hydrogen) atoms. The van der Waals surface area contributed by atoms with Crippen molar-refractivity contribution in [2.24, 2.45) is 17.3 Å². The topological polar surface area (TPSA) is 29.1 Å². The van der Waals surface area contributed by atoms with E-state index in [2.05, 4.69) is 21.2 Å². The van der Waals surface area contributed by atoms with Crippen molar-refractivity contribution in [3.8, 4) is 0 Å². The fourth-order valence-electron chi connectivity index (χ4n) is 5.27. The Morgan fingerprint density at radius 1 is 1.27 bits per heavy atom. The molecule has 0 radical (unpaired) electrons. The first-order valence-electron chi connectivity index (χ1n) is 7.84. The Kier molecular flexibility index (Phi) is 3.36. The van der Waals surface area contributed by atoms with Crippen LogP contribution in [0.5, 0.6) is 0 Å². The molecule has 118 valence electrons. The Hall–Kier alpha value is -0.610. The number of benzene rings is 1. The average molecular weight is 387 g/mol. The molecule has 4 bridgehead atoms. The monoisotopic (exact) mass is 385 g/mol. The van der Waals surface area contributed by atoms with E-state index in [0.29, 0.717) is 11.8 Å². The molecule has 1 aromatic rings. The van der Waals surface area contributed by atoms with Gasteiger partial charge in [0.15, 0.2) is 5.82 Å². The molecule has 2 nitrogen and oxygen atoms in total. The number of halogens is 3. The molecule has 0 saturated heterocycles. The molecule has 0 heterocycles. The minimum Gasteiger partial charge on any atom is -0.323 e. The highest BCUT2D eigenvalue weighted by molar-refractivity contribution is 9.10. The van der Waals surface area contributed by atoms with Crippen LogP contribution < -0.4 is 5.32 Å². The fourth-order valence-corrected chi connectivity index (χ4v) is 6.90. The van der Waals surface area contributed by atoms with Crippen molar-refractivity contribution in [1.29, 1.82) is 0 Å². The zero-order valence-corrected chi connectivity index (χ0v) is 14.5. The van der Waals surface area contributed by atoms with Crippen LogP contribution in [0.3, 0.4) is 0 Å². The van der Waals surface area contributed by atoms with Gasteiger partial charge in [0, 0.05) is 4.32 Å². The second kappa shape index (κ2) is 4.94. The van der Waals surface area contributed by atoms with Crippen LogP contribution in [0.15, 0.2) is 18.2 Å². The summed E-state index contributed by atoms with van der Waals surface area (Å²) in [6.45, 7) is 0. The predicted octanol–water partition coefficient (Wildman–Crippen LogP) is 5.15. The summed E-state index contributed by atoms with van der Waals surface area (Å²) in [4.78, 5) is 12.9. The Bertz CT molecular complexity index is 636. The number of anilines is 1. The molecule has 0 aliphatic heterocycles. The molecular weight excluding hydrogens is 369 g/mol. The van der Waals surface area contributed by atoms with E-state index in [-0.39, 0.29) is 26.4 Å². The van der Waals surface area contributed by atoms with Gasteiger partial charge in [-0.3, -0.25) is 4.79 Å². The quantitative estimate of drug-likeness (QED) is 0.700. The van der Waals surface area contributed by atoms with Crippen LogP contribution in [0, 0.1) is 23.1 Å². The van der Waals surface area contributed by atoms with Crippen molar-refractivity contribution < 1.29 is 9.18 Å². The van der Waals surface area contributed by atoms with Gasteiger partial charge in [0.1, 0.15) is 0 Å². The number of carbonyl (C=O) groups excluding carboxylic acids is 1. The first-order valence-corrected chi connectivity index (χ1v) is 9.01. The van der Waals surface area contributed by atoms with Gasteiger partial charge in [-0.05, 0) is 62.5 Å². The fraction of sp³-hybridized carbons (Fsp3) is 0.588. The third-order valence-electron chi connectivity index (χ3n) is 5.67. The highest BCUT2D eigenvalue weighted by Gasteiger charge is 2.59. The van der Waals surface area contributed by atoms with Crippen LogP contribution in [-0.2, 0) is 4.79 Å². The number of hydrogen-bond donors (Lipinski definition) is 1. The van der Waals surface area contributed by atoms with Gasteiger partial charge in [0.05, 0.1) is 16.1 Å². The molecule has 5 rings (SSSR count). The predicted molar refractivity (Wildman–Crippen MR) is 88.8 cm³/mol. The van der Waals surface area contributed by atoms with Gasteiger partial charge in [-0.2, -0.15) is 0 Å². The van der Waals surface area contributed by atoms with E-state index in [1.807, 2.05) is 0 Å². The molecule has 4 fully saturated rings. The van der Waals surface area contributed by atoms with Crippen LogP contribution in [0.25, 0.3) is 0 Å². The summed E-state index contributed by atoms with van der Waals surface area (Å²) in [5, 5.41) is 2.85. The summed E-state index contributed by atoms with van der Waals surface area (Å²) in [5.41, 5.74) is -0.153. The molecule has 2 unspecified atom stereocenters. The van der Waals surface area contributed by atoms with Gasteiger partial charge < -0.3 is 5.32 Å². The number of amides is 1. The first-order chi connectivity index (χ1) is 10.4. The van der Waals surface area contributed by atoms with Crippen molar-refractivity contribution in [2.45, 2.75) is 42.8 Å². The minimum atomic E-state index is -0.546. The van der Waals surface area contributed by atoms with Gasteiger partial charge in [-0.1, -0.05) is 33.6 Å². The first kappa shape index (κ1) is 14.9. The van der Waals surface area contributed by atoms with E-state index < -0.39 is 5.82 Å².